The van der Waals surface area contributed by atoms with Gasteiger partial charge in [0.05, 0.1) is 6.42 Å². The minimum absolute atomic E-state index is 0.138. The predicted molar refractivity (Wildman–Crippen MR) is 73.0 cm³/mol. The molecule has 5 nitrogen and oxygen atoms in total. The van der Waals surface area contributed by atoms with Gasteiger partial charge in [0.15, 0.2) is 0 Å². The monoisotopic (exact) mass is 248 g/mol. The summed E-state index contributed by atoms with van der Waals surface area (Å²) in [6.07, 6.45) is 0.357. The van der Waals surface area contributed by atoms with E-state index in [0.717, 1.165) is 31.7 Å². The maximum Gasteiger partial charge on any atom is 0.227 e. The normalized spacial score (nSPS) is 16.8. The van der Waals surface area contributed by atoms with Crippen LogP contribution in [0.5, 0.6) is 0 Å². The smallest absolute Gasteiger partial charge is 0.227 e. The average molecular weight is 248 g/mol. The SMILES string of the molecule is CN1CCN(C(=O)Cc2ccc(N)cc2N)CC1. The van der Waals surface area contributed by atoms with E-state index >= 15 is 0 Å². The molecule has 1 heterocycles. The molecule has 4 N–H and O–H groups in total. The van der Waals surface area contributed by atoms with Gasteiger partial charge in [-0.1, -0.05) is 6.07 Å². The molecule has 0 saturated carbocycles. The number of benzene rings is 1. The number of rotatable bonds is 2. The van der Waals surface area contributed by atoms with Crippen LogP contribution in [-0.4, -0.2) is 48.9 Å². The number of nitrogens with zero attached hydrogens (tertiary/aromatic N) is 2. The van der Waals surface area contributed by atoms with Gasteiger partial charge in [-0.15, -0.1) is 0 Å². The van der Waals surface area contributed by atoms with Crippen LogP contribution in [0.2, 0.25) is 0 Å². The fraction of sp³-hybridized carbons (Fsp3) is 0.462. The van der Waals surface area contributed by atoms with Gasteiger partial charge >= 0.3 is 0 Å². The van der Waals surface area contributed by atoms with Gasteiger partial charge in [-0.05, 0) is 24.7 Å². The Labute approximate surface area is 107 Å². The summed E-state index contributed by atoms with van der Waals surface area (Å²) in [5, 5.41) is 0. The third-order valence-electron chi connectivity index (χ3n) is 3.37. The van der Waals surface area contributed by atoms with Gasteiger partial charge in [0, 0.05) is 37.6 Å². The second-order valence-corrected chi connectivity index (χ2v) is 4.82. The Morgan fingerprint density at radius 1 is 1.22 bits per heavy atom. The molecular weight excluding hydrogens is 228 g/mol. The standard InChI is InChI=1S/C13H20N4O/c1-16-4-6-17(7-5-16)13(18)8-10-2-3-11(14)9-12(10)15/h2-3,9H,4-8,14-15H2,1H3. The predicted octanol–water partition coefficient (Wildman–Crippen LogP) is 0.168. The van der Waals surface area contributed by atoms with Crippen LogP contribution in [0, 0.1) is 0 Å². The third-order valence-corrected chi connectivity index (χ3v) is 3.37. The molecule has 0 atom stereocenters. The summed E-state index contributed by atoms with van der Waals surface area (Å²) in [5.74, 6) is 0.138. The van der Waals surface area contributed by atoms with Crippen LogP contribution in [0.25, 0.3) is 0 Å². The Balaban J connectivity index is 1.98. The molecule has 18 heavy (non-hydrogen) atoms. The highest BCUT2D eigenvalue weighted by molar-refractivity contribution is 5.81. The van der Waals surface area contributed by atoms with Gasteiger partial charge in [-0.25, -0.2) is 0 Å². The van der Waals surface area contributed by atoms with E-state index in [-0.39, 0.29) is 5.91 Å². The minimum atomic E-state index is 0.138. The van der Waals surface area contributed by atoms with E-state index < -0.39 is 0 Å². The van der Waals surface area contributed by atoms with Crippen LogP contribution in [0.15, 0.2) is 18.2 Å². The van der Waals surface area contributed by atoms with Crippen LogP contribution < -0.4 is 11.5 Å². The van der Waals surface area contributed by atoms with Gasteiger partial charge in [-0.3, -0.25) is 4.79 Å². The van der Waals surface area contributed by atoms with E-state index in [9.17, 15) is 4.79 Å². The van der Waals surface area contributed by atoms with Gasteiger partial charge in [0.25, 0.3) is 0 Å². The van der Waals surface area contributed by atoms with Crippen LogP contribution in [-0.2, 0) is 11.2 Å². The summed E-state index contributed by atoms with van der Waals surface area (Å²) in [4.78, 5) is 16.3. The van der Waals surface area contributed by atoms with Crippen molar-refractivity contribution in [3.63, 3.8) is 0 Å². The maximum atomic E-state index is 12.1. The quantitative estimate of drug-likeness (QED) is 0.731. The topological polar surface area (TPSA) is 75.6 Å². The fourth-order valence-electron chi connectivity index (χ4n) is 2.10. The Kier molecular flexibility index (Phi) is 3.72. The van der Waals surface area contributed by atoms with E-state index in [1.165, 1.54) is 0 Å². The van der Waals surface area contributed by atoms with Gasteiger partial charge < -0.3 is 21.3 Å². The second kappa shape index (κ2) is 5.27. The second-order valence-electron chi connectivity index (χ2n) is 4.82. The number of hydrogen-bond donors (Lipinski definition) is 2. The number of carbonyl (C=O) groups excluding carboxylic acids is 1. The van der Waals surface area contributed by atoms with Gasteiger partial charge in [-0.2, -0.15) is 0 Å². The van der Waals surface area contributed by atoms with Crippen molar-refractivity contribution in [2.45, 2.75) is 6.42 Å². The van der Waals surface area contributed by atoms with Crippen molar-refractivity contribution in [1.29, 1.82) is 0 Å². The van der Waals surface area contributed by atoms with Crippen molar-refractivity contribution < 1.29 is 4.79 Å². The molecule has 0 aliphatic carbocycles. The largest absolute Gasteiger partial charge is 0.399 e. The molecule has 1 saturated heterocycles. The molecule has 1 aromatic rings. The molecule has 0 bridgehead atoms. The van der Waals surface area contributed by atoms with Gasteiger partial charge in [0.2, 0.25) is 5.91 Å². The van der Waals surface area contributed by atoms with Gasteiger partial charge in [0.1, 0.15) is 0 Å². The highest BCUT2D eigenvalue weighted by Gasteiger charge is 2.19. The van der Waals surface area contributed by atoms with Crippen LogP contribution >= 0.6 is 0 Å². The molecular formula is C13H20N4O. The maximum absolute atomic E-state index is 12.1. The first-order valence-corrected chi connectivity index (χ1v) is 6.16. The molecule has 0 spiro atoms. The van der Waals surface area contributed by atoms with E-state index in [0.29, 0.717) is 17.8 Å². The lowest BCUT2D eigenvalue weighted by molar-refractivity contribution is -0.132. The van der Waals surface area contributed by atoms with E-state index in [1.54, 1.807) is 12.1 Å². The molecule has 98 valence electrons. The highest BCUT2D eigenvalue weighted by atomic mass is 16.2. The molecule has 1 aromatic carbocycles. The number of piperazine rings is 1. The lowest BCUT2D eigenvalue weighted by Gasteiger charge is -2.32. The molecule has 0 radical (unpaired) electrons. The molecule has 1 fully saturated rings. The molecule has 0 aromatic heterocycles. The zero-order valence-corrected chi connectivity index (χ0v) is 10.7. The lowest BCUT2D eigenvalue weighted by atomic mass is 10.1. The van der Waals surface area contributed by atoms with Crippen LogP contribution in [0.3, 0.4) is 0 Å². The molecule has 5 heteroatoms. The first-order chi connectivity index (χ1) is 8.56. The first kappa shape index (κ1) is 12.7. The summed E-state index contributed by atoms with van der Waals surface area (Å²) in [6, 6.07) is 5.31. The zero-order chi connectivity index (χ0) is 13.1. The molecule has 2 rings (SSSR count). The van der Waals surface area contributed by atoms with Crippen molar-refractivity contribution >= 4 is 17.3 Å². The Hall–Kier alpha value is -1.75. The van der Waals surface area contributed by atoms with E-state index in [4.69, 9.17) is 11.5 Å². The summed E-state index contributed by atoms with van der Waals surface area (Å²) in [6.45, 7) is 3.46. The lowest BCUT2D eigenvalue weighted by Crippen LogP contribution is -2.47. The molecule has 1 aliphatic rings. The molecule has 1 amide bonds. The summed E-state index contributed by atoms with van der Waals surface area (Å²) in [5.41, 5.74) is 13.6. The Morgan fingerprint density at radius 2 is 1.89 bits per heavy atom. The average Bonchev–Trinajstić information content (AvgIpc) is 2.33. The molecule has 0 unspecified atom stereocenters. The van der Waals surface area contributed by atoms with Crippen molar-refractivity contribution in [3.8, 4) is 0 Å². The van der Waals surface area contributed by atoms with Crippen molar-refractivity contribution in [1.82, 2.24) is 9.80 Å². The summed E-state index contributed by atoms with van der Waals surface area (Å²) < 4.78 is 0. The summed E-state index contributed by atoms with van der Waals surface area (Å²) >= 11 is 0. The van der Waals surface area contributed by atoms with E-state index in [1.807, 2.05) is 11.0 Å². The van der Waals surface area contributed by atoms with Crippen molar-refractivity contribution in [2.75, 3.05) is 44.7 Å². The minimum Gasteiger partial charge on any atom is -0.399 e. The number of nitrogen functional groups attached to an aromatic ring is 2. The number of amides is 1. The van der Waals surface area contributed by atoms with Crippen molar-refractivity contribution in [3.05, 3.63) is 23.8 Å². The summed E-state index contributed by atoms with van der Waals surface area (Å²) in [7, 11) is 2.07. The Bertz CT molecular complexity index is 439. The number of likely N-dealkylation sites (N-methyl/N-ethyl adjacent to an activating group) is 1. The zero-order valence-electron chi connectivity index (χ0n) is 10.7. The number of anilines is 2. The van der Waals surface area contributed by atoms with Crippen LogP contribution in [0.1, 0.15) is 5.56 Å². The number of nitrogens with two attached hydrogens (primary N) is 2. The van der Waals surface area contributed by atoms with Crippen LogP contribution in [0.4, 0.5) is 11.4 Å². The highest BCUT2D eigenvalue weighted by Crippen LogP contribution is 2.17. The first-order valence-electron chi connectivity index (χ1n) is 6.16. The fourth-order valence-corrected chi connectivity index (χ4v) is 2.10. The number of carbonyl (C=O) groups is 1. The molecule has 1 aliphatic heterocycles. The number of hydrogen-bond acceptors (Lipinski definition) is 4. The third kappa shape index (κ3) is 2.92. The van der Waals surface area contributed by atoms with Crippen molar-refractivity contribution in [2.24, 2.45) is 0 Å². The Morgan fingerprint density at radius 3 is 2.50 bits per heavy atom. The van der Waals surface area contributed by atoms with E-state index in [2.05, 4.69) is 11.9 Å².